The lowest BCUT2D eigenvalue weighted by Gasteiger charge is -2.31. The summed E-state index contributed by atoms with van der Waals surface area (Å²) in [7, 11) is 0. The number of carbonyl (C=O) groups is 1. The molecule has 0 fully saturated rings. The first kappa shape index (κ1) is 30.8. The van der Waals surface area contributed by atoms with Crippen molar-refractivity contribution in [3.05, 3.63) is 141 Å². The Bertz CT molecular complexity index is 1690. The van der Waals surface area contributed by atoms with E-state index in [0.29, 0.717) is 10.4 Å². The standard InChI is InChI=1S/C35H34BrN3O5/c1-35(2,3)44-34(41)38-27(30(25-15-9-5-10-16-25)26-17-11-6-12-18-26)22-39-29(36)21-37-33(39)32-31(28(40)19-20-42-32)43-23-24-13-7-4-8-14-24/h4-21,27,30H,22-23H2,1-3H3,(H,38,41)/t27-/m1/s1. The number of hydrogen-bond donors (Lipinski definition) is 1. The molecule has 1 atom stereocenters. The third-order valence-electron chi connectivity index (χ3n) is 6.87. The summed E-state index contributed by atoms with van der Waals surface area (Å²) in [6.45, 7) is 5.91. The van der Waals surface area contributed by atoms with Gasteiger partial charge in [0.15, 0.2) is 5.82 Å². The maximum absolute atomic E-state index is 13.3. The van der Waals surface area contributed by atoms with Crippen LogP contribution in [0.5, 0.6) is 5.75 Å². The van der Waals surface area contributed by atoms with Crippen molar-refractivity contribution in [1.29, 1.82) is 0 Å². The lowest BCUT2D eigenvalue weighted by Crippen LogP contribution is -2.45. The number of alkyl carbamates (subject to hydrolysis) is 1. The van der Waals surface area contributed by atoms with Crippen molar-refractivity contribution >= 4 is 22.0 Å². The van der Waals surface area contributed by atoms with Gasteiger partial charge in [0.05, 0.1) is 18.5 Å². The Morgan fingerprint density at radius 2 is 1.52 bits per heavy atom. The number of hydrogen-bond acceptors (Lipinski definition) is 6. The summed E-state index contributed by atoms with van der Waals surface area (Å²) in [5.41, 5.74) is 1.90. The molecule has 1 N–H and O–H groups in total. The fraction of sp³-hybridized carbons (Fsp3) is 0.229. The molecule has 226 valence electrons. The normalized spacial score (nSPS) is 12.1. The average molecular weight is 657 g/mol. The molecular weight excluding hydrogens is 622 g/mol. The summed E-state index contributed by atoms with van der Waals surface area (Å²) < 4.78 is 20.1. The van der Waals surface area contributed by atoms with Gasteiger partial charge in [-0.15, -0.1) is 0 Å². The van der Waals surface area contributed by atoms with Crippen LogP contribution in [0.4, 0.5) is 4.79 Å². The molecule has 9 heteroatoms. The van der Waals surface area contributed by atoms with E-state index in [1.807, 2.05) is 116 Å². The van der Waals surface area contributed by atoms with Crippen molar-refractivity contribution < 1.29 is 18.7 Å². The monoisotopic (exact) mass is 655 g/mol. The second-order valence-electron chi connectivity index (χ2n) is 11.3. The Kier molecular flexibility index (Phi) is 9.65. The second-order valence-corrected chi connectivity index (χ2v) is 12.1. The van der Waals surface area contributed by atoms with Gasteiger partial charge in [0, 0.05) is 18.5 Å². The Morgan fingerprint density at radius 3 is 2.11 bits per heavy atom. The van der Waals surface area contributed by atoms with Crippen LogP contribution in [0.15, 0.2) is 123 Å². The van der Waals surface area contributed by atoms with E-state index >= 15 is 0 Å². The van der Waals surface area contributed by atoms with Crippen LogP contribution in [0.2, 0.25) is 0 Å². The van der Waals surface area contributed by atoms with Gasteiger partial charge in [-0.1, -0.05) is 91.0 Å². The van der Waals surface area contributed by atoms with Gasteiger partial charge in [-0.2, -0.15) is 0 Å². The molecule has 0 aliphatic carbocycles. The highest BCUT2D eigenvalue weighted by Gasteiger charge is 2.31. The van der Waals surface area contributed by atoms with Crippen LogP contribution in [0, 0.1) is 0 Å². The quantitative estimate of drug-likeness (QED) is 0.167. The van der Waals surface area contributed by atoms with Gasteiger partial charge in [0.1, 0.15) is 16.8 Å². The van der Waals surface area contributed by atoms with E-state index in [0.717, 1.165) is 16.7 Å². The molecule has 2 aromatic heterocycles. The fourth-order valence-corrected chi connectivity index (χ4v) is 5.42. The average Bonchev–Trinajstić information content (AvgIpc) is 3.36. The highest BCUT2D eigenvalue weighted by molar-refractivity contribution is 9.10. The van der Waals surface area contributed by atoms with Crippen molar-refractivity contribution in [2.24, 2.45) is 0 Å². The van der Waals surface area contributed by atoms with Crippen LogP contribution in [0.3, 0.4) is 0 Å². The minimum absolute atomic E-state index is 0.0509. The lowest BCUT2D eigenvalue weighted by molar-refractivity contribution is 0.0494. The van der Waals surface area contributed by atoms with E-state index < -0.39 is 17.7 Å². The zero-order valence-electron chi connectivity index (χ0n) is 24.8. The van der Waals surface area contributed by atoms with Crippen LogP contribution in [-0.2, 0) is 17.9 Å². The lowest BCUT2D eigenvalue weighted by atomic mass is 9.85. The van der Waals surface area contributed by atoms with E-state index in [1.54, 1.807) is 6.20 Å². The number of rotatable bonds is 10. The Hall–Kier alpha value is -4.63. The van der Waals surface area contributed by atoms with E-state index in [9.17, 15) is 9.59 Å². The third kappa shape index (κ3) is 7.65. The molecule has 2 heterocycles. The third-order valence-corrected chi connectivity index (χ3v) is 7.51. The summed E-state index contributed by atoms with van der Waals surface area (Å²) in [5.74, 6) is 0.346. The maximum atomic E-state index is 13.3. The van der Waals surface area contributed by atoms with Crippen molar-refractivity contribution in [2.75, 3.05) is 0 Å². The zero-order chi connectivity index (χ0) is 31.1. The summed E-state index contributed by atoms with van der Waals surface area (Å²) >= 11 is 3.63. The molecule has 0 saturated heterocycles. The van der Waals surface area contributed by atoms with Crippen molar-refractivity contribution in [1.82, 2.24) is 14.9 Å². The minimum atomic E-state index is -0.692. The van der Waals surface area contributed by atoms with Gasteiger partial charge in [-0.3, -0.25) is 4.79 Å². The molecule has 3 aromatic carbocycles. The van der Waals surface area contributed by atoms with Crippen molar-refractivity contribution in [3.63, 3.8) is 0 Å². The largest absolute Gasteiger partial charge is 0.481 e. The number of carbonyl (C=O) groups excluding carboxylic acids is 1. The van der Waals surface area contributed by atoms with E-state index in [2.05, 4.69) is 26.2 Å². The predicted molar refractivity (Wildman–Crippen MR) is 173 cm³/mol. The molecule has 0 bridgehead atoms. The molecule has 0 saturated carbocycles. The van der Waals surface area contributed by atoms with Gasteiger partial charge in [0.25, 0.3) is 0 Å². The molecule has 0 radical (unpaired) electrons. The SMILES string of the molecule is CC(C)(C)OC(=O)N[C@H](Cn1c(Br)cnc1-c1occc(=O)c1OCc1ccccc1)C(c1ccccc1)c1ccccc1. The fourth-order valence-electron chi connectivity index (χ4n) is 5.00. The number of nitrogens with one attached hydrogen (secondary N) is 1. The summed E-state index contributed by atoms with van der Waals surface area (Å²) in [4.78, 5) is 30.9. The van der Waals surface area contributed by atoms with Gasteiger partial charge >= 0.3 is 6.09 Å². The molecule has 44 heavy (non-hydrogen) atoms. The molecule has 0 spiro atoms. The molecule has 8 nitrogen and oxygen atoms in total. The topological polar surface area (TPSA) is 95.6 Å². The molecule has 0 aliphatic heterocycles. The maximum Gasteiger partial charge on any atom is 0.407 e. The van der Waals surface area contributed by atoms with E-state index in [4.69, 9.17) is 13.9 Å². The van der Waals surface area contributed by atoms with Gasteiger partial charge in [0.2, 0.25) is 16.9 Å². The van der Waals surface area contributed by atoms with Crippen LogP contribution in [0.25, 0.3) is 11.6 Å². The highest BCUT2D eigenvalue weighted by Crippen LogP contribution is 2.33. The molecular formula is C35H34BrN3O5. The van der Waals surface area contributed by atoms with Crippen LogP contribution in [-0.4, -0.2) is 27.3 Å². The number of imidazole rings is 1. The molecule has 0 unspecified atom stereocenters. The zero-order valence-corrected chi connectivity index (χ0v) is 26.4. The number of aromatic nitrogens is 2. The Morgan fingerprint density at radius 1 is 0.932 bits per heavy atom. The molecule has 1 amide bonds. The number of ether oxygens (including phenoxy) is 2. The van der Waals surface area contributed by atoms with Gasteiger partial charge in [-0.25, -0.2) is 9.78 Å². The van der Waals surface area contributed by atoms with E-state index in [-0.39, 0.29) is 36.0 Å². The number of benzene rings is 3. The number of halogens is 1. The predicted octanol–water partition coefficient (Wildman–Crippen LogP) is 7.57. The molecule has 0 aliphatic rings. The molecule has 5 aromatic rings. The van der Waals surface area contributed by atoms with Gasteiger partial charge in [-0.05, 0) is 53.4 Å². The van der Waals surface area contributed by atoms with Crippen molar-refractivity contribution in [2.45, 2.75) is 51.5 Å². The highest BCUT2D eigenvalue weighted by atomic mass is 79.9. The smallest absolute Gasteiger partial charge is 0.407 e. The van der Waals surface area contributed by atoms with Crippen molar-refractivity contribution in [3.8, 4) is 17.3 Å². The Balaban J connectivity index is 1.57. The van der Waals surface area contributed by atoms with E-state index in [1.165, 1.54) is 12.3 Å². The first-order valence-corrected chi connectivity index (χ1v) is 15.1. The summed E-state index contributed by atoms with van der Waals surface area (Å²) in [6.07, 6.45) is 2.41. The summed E-state index contributed by atoms with van der Waals surface area (Å²) in [6, 6.07) is 30.4. The first-order chi connectivity index (χ1) is 21.2. The second kappa shape index (κ2) is 13.8. The Labute approximate surface area is 264 Å². The summed E-state index contributed by atoms with van der Waals surface area (Å²) in [5, 5.41) is 3.13. The van der Waals surface area contributed by atoms with Crippen LogP contribution >= 0.6 is 15.9 Å². The van der Waals surface area contributed by atoms with Crippen LogP contribution < -0.4 is 15.5 Å². The molecule has 5 rings (SSSR count). The minimum Gasteiger partial charge on any atom is -0.481 e. The number of nitrogens with zero attached hydrogens (tertiary/aromatic N) is 2. The first-order valence-electron chi connectivity index (χ1n) is 14.3. The number of amides is 1. The van der Waals surface area contributed by atoms with Crippen LogP contribution in [0.1, 0.15) is 43.4 Å². The van der Waals surface area contributed by atoms with Gasteiger partial charge < -0.3 is 23.8 Å².